The number of nitrogens with one attached hydrogen (secondary N) is 1. The number of hydrogen-bond donors (Lipinski definition) is 2. The summed E-state index contributed by atoms with van der Waals surface area (Å²) in [6.45, 7) is 0.472. The van der Waals surface area contributed by atoms with Crippen molar-refractivity contribution in [1.29, 1.82) is 0 Å². The fraction of sp³-hybridized carbons (Fsp3) is 0.923. The average Bonchev–Trinajstić information content (AvgIpc) is 2.96. The van der Waals surface area contributed by atoms with E-state index >= 15 is 0 Å². The Hall–Kier alpha value is -0.620. The molecule has 0 spiro atoms. The second-order valence-electron chi connectivity index (χ2n) is 5.93. The van der Waals surface area contributed by atoms with Crippen molar-refractivity contribution in [1.82, 2.24) is 5.32 Å². The Kier molecular flexibility index (Phi) is 4.84. The van der Waals surface area contributed by atoms with Crippen LogP contribution < -0.4 is 11.1 Å². The van der Waals surface area contributed by atoms with Crippen molar-refractivity contribution < 1.29 is 13.2 Å². The number of carbonyl (C=O) groups is 1. The van der Waals surface area contributed by atoms with Crippen LogP contribution in [0.2, 0.25) is 0 Å². The van der Waals surface area contributed by atoms with E-state index in [9.17, 15) is 13.2 Å². The van der Waals surface area contributed by atoms with Crippen molar-refractivity contribution in [2.45, 2.75) is 44.6 Å². The largest absolute Gasteiger partial charge is 0.352 e. The molecule has 2 atom stereocenters. The Balaban J connectivity index is 1.80. The van der Waals surface area contributed by atoms with Gasteiger partial charge in [0.05, 0.1) is 11.5 Å². The highest BCUT2D eigenvalue weighted by Gasteiger charge is 2.31. The number of carbonyl (C=O) groups excluding carboxylic acids is 1. The molecule has 5 nitrogen and oxygen atoms in total. The molecule has 0 aromatic rings. The molecule has 110 valence electrons. The molecule has 1 aliphatic heterocycles. The van der Waals surface area contributed by atoms with Crippen molar-refractivity contribution in [2.24, 2.45) is 17.6 Å². The van der Waals surface area contributed by atoms with Gasteiger partial charge in [0.1, 0.15) is 0 Å². The summed E-state index contributed by atoms with van der Waals surface area (Å²) in [5, 5.41) is 3.00. The van der Waals surface area contributed by atoms with Gasteiger partial charge in [-0.05, 0) is 31.1 Å². The number of nitrogens with two attached hydrogens (primary N) is 1. The maximum Gasteiger partial charge on any atom is 0.220 e. The molecular formula is C13H24N2O3S. The lowest BCUT2D eigenvalue weighted by Crippen LogP contribution is -2.45. The summed E-state index contributed by atoms with van der Waals surface area (Å²) in [5.41, 5.74) is 5.74. The van der Waals surface area contributed by atoms with Crippen molar-refractivity contribution in [3.05, 3.63) is 0 Å². The molecule has 3 N–H and O–H groups in total. The van der Waals surface area contributed by atoms with Gasteiger partial charge in [0.2, 0.25) is 5.91 Å². The van der Waals surface area contributed by atoms with Crippen molar-refractivity contribution >= 4 is 15.7 Å². The summed E-state index contributed by atoms with van der Waals surface area (Å²) in [5.74, 6) is 0.850. The Labute approximate surface area is 115 Å². The van der Waals surface area contributed by atoms with Gasteiger partial charge in [-0.1, -0.05) is 12.8 Å². The van der Waals surface area contributed by atoms with Gasteiger partial charge in [0.25, 0.3) is 0 Å². The van der Waals surface area contributed by atoms with Crippen LogP contribution in [0.5, 0.6) is 0 Å². The molecule has 1 heterocycles. The Bertz CT molecular complexity index is 416. The van der Waals surface area contributed by atoms with Gasteiger partial charge < -0.3 is 11.1 Å². The highest BCUT2D eigenvalue weighted by Crippen LogP contribution is 2.28. The summed E-state index contributed by atoms with van der Waals surface area (Å²) in [4.78, 5) is 12.0. The summed E-state index contributed by atoms with van der Waals surface area (Å²) in [7, 11) is -2.90. The van der Waals surface area contributed by atoms with E-state index in [0.717, 1.165) is 12.8 Å². The summed E-state index contributed by atoms with van der Waals surface area (Å²) < 4.78 is 22.7. The van der Waals surface area contributed by atoms with Crippen LogP contribution in [-0.4, -0.2) is 38.4 Å². The van der Waals surface area contributed by atoms with E-state index in [-0.39, 0.29) is 29.4 Å². The molecule has 0 aromatic heterocycles. The standard InChI is InChI=1S/C13H24N2O3S/c14-8-12(11-3-1-2-4-11)15-13(16)7-10-5-6-19(17,18)9-10/h10-12H,1-9,14H2,(H,15,16). The van der Waals surface area contributed by atoms with E-state index in [0.29, 0.717) is 25.3 Å². The van der Waals surface area contributed by atoms with Crippen LogP contribution in [-0.2, 0) is 14.6 Å². The second-order valence-corrected chi connectivity index (χ2v) is 8.16. The minimum atomic E-state index is -2.90. The molecule has 0 radical (unpaired) electrons. The molecule has 2 fully saturated rings. The third kappa shape index (κ3) is 4.18. The lowest BCUT2D eigenvalue weighted by Gasteiger charge is -2.23. The molecule has 2 unspecified atom stereocenters. The zero-order chi connectivity index (χ0) is 13.9. The number of amides is 1. The fourth-order valence-electron chi connectivity index (χ4n) is 3.29. The maximum absolute atomic E-state index is 12.0. The van der Waals surface area contributed by atoms with Gasteiger partial charge in [-0.15, -0.1) is 0 Å². The van der Waals surface area contributed by atoms with Crippen molar-refractivity contribution in [3.8, 4) is 0 Å². The highest BCUT2D eigenvalue weighted by atomic mass is 32.2. The van der Waals surface area contributed by atoms with E-state index < -0.39 is 9.84 Å². The third-order valence-electron chi connectivity index (χ3n) is 4.37. The van der Waals surface area contributed by atoms with Gasteiger partial charge in [0, 0.05) is 19.0 Å². The molecule has 1 amide bonds. The lowest BCUT2D eigenvalue weighted by molar-refractivity contribution is -0.122. The number of rotatable bonds is 5. The molecule has 0 aromatic carbocycles. The zero-order valence-corrected chi connectivity index (χ0v) is 12.1. The topological polar surface area (TPSA) is 89.3 Å². The van der Waals surface area contributed by atoms with Crippen molar-refractivity contribution in [3.63, 3.8) is 0 Å². The predicted molar refractivity (Wildman–Crippen MR) is 74.3 cm³/mol. The molecular weight excluding hydrogens is 264 g/mol. The minimum absolute atomic E-state index is 0.00741. The average molecular weight is 288 g/mol. The van der Waals surface area contributed by atoms with Gasteiger partial charge in [0.15, 0.2) is 9.84 Å². The van der Waals surface area contributed by atoms with Crippen LogP contribution in [0.15, 0.2) is 0 Å². The van der Waals surface area contributed by atoms with E-state index in [2.05, 4.69) is 5.32 Å². The molecule has 1 aliphatic carbocycles. The van der Waals surface area contributed by atoms with E-state index in [1.807, 2.05) is 0 Å². The molecule has 1 saturated carbocycles. The smallest absolute Gasteiger partial charge is 0.220 e. The number of hydrogen-bond acceptors (Lipinski definition) is 4. The van der Waals surface area contributed by atoms with Crippen LogP contribution in [0.25, 0.3) is 0 Å². The molecule has 2 aliphatic rings. The Morgan fingerprint density at radius 1 is 1.26 bits per heavy atom. The summed E-state index contributed by atoms with van der Waals surface area (Å²) in [6.07, 6.45) is 5.66. The first kappa shape index (κ1) is 14.8. The number of sulfone groups is 1. The van der Waals surface area contributed by atoms with Crippen LogP contribution in [0.3, 0.4) is 0 Å². The van der Waals surface area contributed by atoms with Crippen LogP contribution in [0.4, 0.5) is 0 Å². The monoisotopic (exact) mass is 288 g/mol. The Morgan fingerprint density at radius 2 is 1.95 bits per heavy atom. The maximum atomic E-state index is 12.0. The summed E-state index contributed by atoms with van der Waals surface area (Å²) >= 11 is 0. The van der Waals surface area contributed by atoms with Gasteiger partial charge >= 0.3 is 0 Å². The van der Waals surface area contributed by atoms with Crippen molar-refractivity contribution in [2.75, 3.05) is 18.1 Å². The predicted octanol–water partition coefficient (Wildman–Crippen LogP) is 0.445. The minimum Gasteiger partial charge on any atom is -0.352 e. The first-order chi connectivity index (χ1) is 9.00. The quantitative estimate of drug-likeness (QED) is 0.768. The first-order valence-corrected chi connectivity index (χ1v) is 9.02. The van der Waals surface area contributed by atoms with Crippen LogP contribution >= 0.6 is 0 Å². The fourth-order valence-corrected chi connectivity index (χ4v) is 5.15. The molecule has 19 heavy (non-hydrogen) atoms. The van der Waals surface area contributed by atoms with Crippen LogP contribution in [0.1, 0.15) is 38.5 Å². The Morgan fingerprint density at radius 3 is 2.47 bits per heavy atom. The van der Waals surface area contributed by atoms with Gasteiger partial charge in [-0.2, -0.15) is 0 Å². The van der Waals surface area contributed by atoms with Crippen LogP contribution in [0, 0.1) is 11.8 Å². The second kappa shape index (κ2) is 6.22. The van der Waals surface area contributed by atoms with E-state index in [1.54, 1.807) is 0 Å². The third-order valence-corrected chi connectivity index (χ3v) is 6.21. The lowest BCUT2D eigenvalue weighted by atomic mass is 9.97. The van der Waals surface area contributed by atoms with Gasteiger partial charge in [-0.25, -0.2) is 8.42 Å². The highest BCUT2D eigenvalue weighted by molar-refractivity contribution is 7.91. The van der Waals surface area contributed by atoms with E-state index in [4.69, 9.17) is 5.73 Å². The molecule has 2 rings (SSSR count). The molecule has 1 saturated heterocycles. The zero-order valence-electron chi connectivity index (χ0n) is 11.3. The molecule has 0 bridgehead atoms. The summed E-state index contributed by atoms with van der Waals surface area (Å²) in [6, 6.07) is 0.0630. The first-order valence-electron chi connectivity index (χ1n) is 7.20. The normalized spacial score (nSPS) is 28.4. The SMILES string of the molecule is NCC(NC(=O)CC1CCS(=O)(=O)C1)C1CCCC1. The molecule has 6 heteroatoms. The van der Waals surface area contributed by atoms with Gasteiger partial charge in [-0.3, -0.25) is 4.79 Å². The van der Waals surface area contributed by atoms with E-state index in [1.165, 1.54) is 12.8 Å².